The van der Waals surface area contributed by atoms with Crippen LogP contribution in [0, 0.1) is 35.5 Å². The Labute approximate surface area is 380 Å². The summed E-state index contributed by atoms with van der Waals surface area (Å²) >= 11 is 0. The number of Topliss-reactive ketones (excluding diaryl/α,β-unsaturated/α-hetero) is 3. The molecule has 360 valence electrons. The van der Waals surface area contributed by atoms with E-state index >= 15 is 0 Å². The molecule has 0 spiro atoms. The summed E-state index contributed by atoms with van der Waals surface area (Å²) in [5, 5.41) is 43.9. The van der Waals surface area contributed by atoms with E-state index in [1.54, 1.807) is 40.9 Å². The number of aliphatic hydroxyl groups excluding tert-OH is 3. The van der Waals surface area contributed by atoms with Gasteiger partial charge in [-0.05, 0) is 107 Å². The SMILES string of the molecule is CO[C@@H]1C[C@@H]2CC[C@@H](C)[C@@](O)(O2)C(=O)C(=O)N2CCCC[C@H]2C(=O)O[C@H]([C@H](C)C[C@@H]2CC[C@@H](O)[C@H](O)C2)CC(=O)[C@H](C)/C=C(\C)[C@@H](O)[C@@H](OC)C(=O)[C@@H](C)C[C@H](C)/C=C/C=C/C=C/1C. The van der Waals surface area contributed by atoms with Gasteiger partial charge in [0, 0.05) is 51.4 Å². The zero-order chi connectivity index (χ0) is 47.5. The van der Waals surface area contributed by atoms with Gasteiger partial charge in [-0.1, -0.05) is 71.1 Å². The lowest BCUT2D eigenvalue weighted by atomic mass is 9.78. The second-order valence-electron chi connectivity index (χ2n) is 19.4. The molecule has 2 bridgehead atoms. The van der Waals surface area contributed by atoms with Crippen LogP contribution in [0.3, 0.4) is 0 Å². The third-order valence-electron chi connectivity index (χ3n) is 14.2. The maximum absolute atomic E-state index is 14.3. The van der Waals surface area contributed by atoms with Crippen LogP contribution >= 0.6 is 0 Å². The number of methoxy groups -OCH3 is 2. The normalized spacial score (nSPS) is 40.9. The number of ether oxygens (including phenoxy) is 4. The molecule has 3 heterocycles. The highest BCUT2D eigenvalue weighted by Gasteiger charge is 2.53. The zero-order valence-corrected chi connectivity index (χ0v) is 39.6. The largest absolute Gasteiger partial charge is 0.460 e. The molecule has 14 nitrogen and oxygen atoms in total. The number of piperidine rings is 1. The lowest BCUT2D eigenvalue weighted by Gasteiger charge is -2.42. The Balaban J connectivity index is 1.70. The van der Waals surface area contributed by atoms with E-state index in [1.165, 1.54) is 12.0 Å². The van der Waals surface area contributed by atoms with Gasteiger partial charge in [0.25, 0.3) is 11.7 Å². The van der Waals surface area contributed by atoms with Crippen LogP contribution in [0.2, 0.25) is 0 Å². The number of cyclic esters (lactones) is 1. The second-order valence-corrected chi connectivity index (χ2v) is 19.4. The van der Waals surface area contributed by atoms with Crippen molar-refractivity contribution in [2.75, 3.05) is 20.8 Å². The van der Waals surface area contributed by atoms with Crippen molar-refractivity contribution < 1.29 is 63.3 Å². The van der Waals surface area contributed by atoms with E-state index in [9.17, 15) is 44.4 Å². The molecule has 4 aliphatic rings. The minimum Gasteiger partial charge on any atom is -0.460 e. The smallest absolute Gasteiger partial charge is 0.329 e. The van der Waals surface area contributed by atoms with Crippen molar-refractivity contribution in [3.8, 4) is 0 Å². The molecule has 1 aliphatic carbocycles. The Morgan fingerprint density at radius 3 is 2.23 bits per heavy atom. The molecule has 0 aromatic heterocycles. The number of rotatable bonds is 5. The van der Waals surface area contributed by atoms with Gasteiger partial charge in [0.2, 0.25) is 5.79 Å². The quantitative estimate of drug-likeness (QED) is 0.153. The molecular weight excluding hydrogens is 823 g/mol. The molecule has 3 aliphatic heterocycles. The predicted octanol–water partition coefficient (Wildman–Crippen LogP) is 5.53. The van der Waals surface area contributed by atoms with E-state index in [4.69, 9.17) is 18.9 Å². The highest BCUT2D eigenvalue weighted by molar-refractivity contribution is 6.39. The Morgan fingerprint density at radius 2 is 1.56 bits per heavy atom. The van der Waals surface area contributed by atoms with Crippen LogP contribution in [0.4, 0.5) is 0 Å². The van der Waals surface area contributed by atoms with Crippen molar-refractivity contribution in [1.82, 2.24) is 4.90 Å². The van der Waals surface area contributed by atoms with Crippen LogP contribution in [0.1, 0.15) is 126 Å². The van der Waals surface area contributed by atoms with Crippen molar-refractivity contribution in [2.24, 2.45) is 35.5 Å². The maximum atomic E-state index is 14.3. The number of ketones is 3. The summed E-state index contributed by atoms with van der Waals surface area (Å²) in [7, 11) is 2.94. The van der Waals surface area contributed by atoms with Gasteiger partial charge >= 0.3 is 5.97 Å². The summed E-state index contributed by atoms with van der Waals surface area (Å²) in [6.07, 6.45) is 9.61. The topological polar surface area (TPSA) is 206 Å². The van der Waals surface area contributed by atoms with E-state index in [0.717, 1.165) is 5.57 Å². The Hall–Kier alpha value is -3.37. The molecule has 1 amide bonds. The molecule has 0 unspecified atom stereocenters. The molecule has 3 fully saturated rings. The van der Waals surface area contributed by atoms with Crippen LogP contribution in [-0.2, 0) is 42.9 Å². The number of nitrogens with zero attached hydrogens (tertiary/aromatic N) is 1. The van der Waals surface area contributed by atoms with Crippen LogP contribution < -0.4 is 0 Å². The standard InChI is InChI=1S/C50H77NO13/c1-29-15-11-10-12-16-30(2)42(61-8)27-37-20-18-35(7)50(60,64-37)47(57)48(58)51-22-14-13-17-38(51)49(59)63-43(32(4)25-36-19-21-39(52)41(54)26-36)28-40(53)31(3)24-34(6)45(56)46(62-9)44(55)33(5)23-29/h10-12,15-16,24,29,31-33,35-39,41-43,45-46,52,54,56,60H,13-14,17-23,25-28H2,1-9H3/b12-10+,15-11+,30-16+,34-24+/t29-,31-,32-,33+,35-,36+,37+,38+,39-,41-,42-,43+,45-,46+,50-/m1/s1. The Morgan fingerprint density at radius 1 is 0.844 bits per heavy atom. The number of carbonyl (C=O) groups excluding carboxylic acids is 5. The van der Waals surface area contributed by atoms with Gasteiger partial charge in [-0.3, -0.25) is 19.2 Å². The van der Waals surface area contributed by atoms with E-state index in [0.29, 0.717) is 69.8 Å². The van der Waals surface area contributed by atoms with Gasteiger partial charge in [0.05, 0.1) is 24.4 Å². The van der Waals surface area contributed by atoms with Gasteiger partial charge < -0.3 is 44.3 Å². The third-order valence-corrected chi connectivity index (χ3v) is 14.2. The molecule has 14 heteroatoms. The van der Waals surface area contributed by atoms with E-state index in [-0.39, 0.29) is 42.8 Å². The summed E-state index contributed by atoms with van der Waals surface area (Å²) in [6, 6.07) is -1.16. The van der Waals surface area contributed by atoms with Gasteiger partial charge in [-0.2, -0.15) is 0 Å². The molecule has 0 aromatic rings. The third kappa shape index (κ3) is 13.8. The molecule has 15 atom stereocenters. The molecule has 64 heavy (non-hydrogen) atoms. The summed E-state index contributed by atoms with van der Waals surface area (Å²) in [5.74, 6) is -8.29. The fourth-order valence-electron chi connectivity index (χ4n) is 9.88. The molecular formula is C50H77NO13. The van der Waals surface area contributed by atoms with Gasteiger partial charge in [-0.25, -0.2) is 4.79 Å². The molecule has 1 saturated carbocycles. The van der Waals surface area contributed by atoms with Gasteiger partial charge in [0.1, 0.15) is 30.1 Å². The van der Waals surface area contributed by atoms with Gasteiger partial charge in [-0.15, -0.1) is 0 Å². The van der Waals surface area contributed by atoms with Crippen molar-refractivity contribution in [3.05, 3.63) is 47.6 Å². The highest BCUT2D eigenvalue weighted by Crippen LogP contribution is 2.37. The van der Waals surface area contributed by atoms with Crippen LogP contribution in [0.5, 0.6) is 0 Å². The predicted molar refractivity (Wildman–Crippen MR) is 240 cm³/mol. The summed E-state index contributed by atoms with van der Waals surface area (Å²) in [5.41, 5.74) is 1.24. The Bertz CT molecular complexity index is 1740. The fourth-order valence-corrected chi connectivity index (χ4v) is 9.88. The number of allylic oxidation sites excluding steroid dienone is 6. The second kappa shape index (κ2) is 24.4. The average Bonchev–Trinajstić information content (AvgIpc) is 3.26. The first kappa shape index (κ1) is 53.2. The number of fused-ring (bicyclic) bond motifs is 3. The van der Waals surface area contributed by atoms with Crippen molar-refractivity contribution in [3.63, 3.8) is 0 Å². The Kier molecular flexibility index (Phi) is 20.3. The maximum Gasteiger partial charge on any atom is 0.329 e. The highest BCUT2D eigenvalue weighted by atomic mass is 16.6. The molecule has 2 saturated heterocycles. The number of esters is 1. The minimum atomic E-state index is -2.44. The number of hydrogen-bond acceptors (Lipinski definition) is 13. The number of amides is 1. The summed E-state index contributed by atoms with van der Waals surface area (Å²) < 4.78 is 23.7. The fraction of sp³-hybridized carbons (Fsp3) is 0.740. The molecule has 4 N–H and O–H groups in total. The molecule has 0 aromatic carbocycles. The minimum absolute atomic E-state index is 0.0134. The summed E-state index contributed by atoms with van der Waals surface area (Å²) in [4.78, 5) is 71.5. The van der Waals surface area contributed by atoms with E-state index < -0.39 is 95.9 Å². The first-order valence-electron chi connectivity index (χ1n) is 23.5. The number of aliphatic hydroxyl groups is 4. The van der Waals surface area contributed by atoms with Crippen molar-refractivity contribution >= 4 is 29.2 Å². The van der Waals surface area contributed by atoms with Crippen molar-refractivity contribution in [2.45, 2.75) is 180 Å². The summed E-state index contributed by atoms with van der Waals surface area (Å²) in [6.45, 7) is 12.6. The van der Waals surface area contributed by atoms with Crippen molar-refractivity contribution in [1.29, 1.82) is 0 Å². The number of carbonyl (C=O) groups is 5. The van der Waals surface area contributed by atoms with Crippen LogP contribution in [0.25, 0.3) is 0 Å². The monoisotopic (exact) mass is 900 g/mol. The van der Waals surface area contributed by atoms with Gasteiger partial charge in [0.15, 0.2) is 5.78 Å². The molecule has 4 rings (SSSR count). The first-order valence-corrected chi connectivity index (χ1v) is 23.5. The zero-order valence-electron chi connectivity index (χ0n) is 39.6. The first-order chi connectivity index (χ1) is 30.2. The van der Waals surface area contributed by atoms with E-state index in [1.807, 2.05) is 51.2 Å². The average molecular weight is 900 g/mol. The number of hydrogen-bond donors (Lipinski definition) is 4. The lowest BCUT2D eigenvalue weighted by molar-refractivity contribution is -0.265. The molecule has 0 radical (unpaired) electrons. The van der Waals surface area contributed by atoms with E-state index in [2.05, 4.69) is 0 Å². The van der Waals surface area contributed by atoms with Crippen LogP contribution in [0.15, 0.2) is 47.6 Å². The van der Waals surface area contributed by atoms with Crippen LogP contribution in [-0.4, -0.2) is 130 Å². The lowest BCUT2D eigenvalue weighted by Crippen LogP contribution is -2.61.